The van der Waals surface area contributed by atoms with E-state index in [1.807, 2.05) is 0 Å². The highest BCUT2D eigenvalue weighted by Crippen LogP contribution is 2.03. The average molecular weight is 190 g/mol. The second-order valence-corrected chi connectivity index (χ2v) is 2.91. The minimum Gasteiger partial charge on any atom is -0.357 e. The molecule has 0 unspecified atom stereocenters. The molecule has 0 aliphatic carbocycles. The zero-order chi connectivity index (χ0) is 9.97. The summed E-state index contributed by atoms with van der Waals surface area (Å²) in [5, 5.41) is 6.69. The van der Waals surface area contributed by atoms with Gasteiger partial charge in [-0.15, -0.1) is 0 Å². The van der Waals surface area contributed by atoms with Crippen molar-refractivity contribution in [2.45, 2.75) is 0 Å². The van der Waals surface area contributed by atoms with Crippen LogP contribution in [0.5, 0.6) is 0 Å². The lowest BCUT2D eigenvalue weighted by molar-refractivity contribution is 0.102. The second-order valence-electron chi connectivity index (χ2n) is 2.91. The molecule has 2 heterocycles. The van der Waals surface area contributed by atoms with Gasteiger partial charge in [-0.25, -0.2) is 0 Å². The molecule has 14 heavy (non-hydrogen) atoms. The molecule has 2 N–H and O–H groups in total. The summed E-state index contributed by atoms with van der Waals surface area (Å²) < 4.78 is 1.63. The molecule has 0 bridgehead atoms. The number of H-pyrrole nitrogens is 1. The minimum atomic E-state index is -0.186. The molecular weight excluding hydrogens is 180 g/mol. The van der Waals surface area contributed by atoms with Crippen molar-refractivity contribution < 1.29 is 4.79 Å². The Morgan fingerprint density at radius 3 is 3.00 bits per heavy atom. The molecule has 0 saturated heterocycles. The van der Waals surface area contributed by atoms with E-state index in [-0.39, 0.29) is 5.91 Å². The summed E-state index contributed by atoms with van der Waals surface area (Å²) in [7, 11) is 1.80. The van der Waals surface area contributed by atoms with E-state index in [9.17, 15) is 4.79 Å². The third-order valence-corrected chi connectivity index (χ3v) is 1.80. The van der Waals surface area contributed by atoms with Crippen LogP contribution >= 0.6 is 0 Å². The van der Waals surface area contributed by atoms with Crippen molar-refractivity contribution >= 4 is 11.7 Å². The smallest absolute Gasteiger partial charge is 0.273 e. The number of aryl methyl sites for hydroxylation is 1. The number of amides is 1. The maximum atomic E-state index is 11.5. The van der Waals surface area contributed by atoms with E-state index in [1.54, 1.807) is 42.3 Å². The first-order valence-corrected chi connectivity index (χ1v) is 4.20. The van der Waals surface area contributed by atoms with Crippen LogP contribution in [-0.2, 0) is 7.05 Å². The number of aromatic amines is 1. The predicted octanol–water partition coefficient (Wildman–Crippen LogP) is 1.00. The lowest BCUT2D eigenvalue weighted by atomic mass is 10.4. The summed E-state index contributed by atoms with van der Waals surface area (Å²) >= 11 is 0. The molecule has 0 saturated carbocycles. The minimum absolute atomic E-state index is 0.186. The highest BCUT2D eigenvalue weighted by atomic mass is 16.1. The predicted molar refractivity (Wildman–Crippen MR) is 52.0 cm³/mol. The van der Waals surface area contributed by atoms with Crippen molar-refractivity contribution in [3.8, 4) is 0 Å². The molecule has 0 spiro atoms. The summed E-state index contributed by atoms with van der Waals surface area (Å²) in [4.78, 5) is 14.3. The van der Waals surface area contributed by atoms with Crippen molar-refractivity contribution in [2.75, 3.05) is 5.32 Å². The third kappa shape index (κ3) is 1.66. The van der Waals surface area contributed by atoms with Gasteiger partial charge in [0.25, 0.3) is 5.91 Å². The Hall–Kier alpha value is -2.04. The maximum Gasteiger partial charge on any atom is 0.273 e. The molecule has 5 heteroatoms. The first kappa shape index (κ1) is 8.55. The van der Waals surface area contributed by atoms with Gasteiger partial charge in [-0.3, -0.25) is 9.48 Å². The topological polar surface area (TPSA) is 62.7 Å². The largest absolute Gasteiger partial charge is 0.357 e. The Morgan fingerprint density at radius 2 is 2.43 bits per heavy atom. The fraction of sp³-hybridized carbons (Fsp3) is 0.111. The molecule has 0 fully saturated rings. The second kappa shape index (κ2) is 3.37. The standard InChI is InChI=1S/C9H10N4O/c1-13-6-4-8(12-13)11-9(14)7-3-2-5-10-7/h2-6,10H,1H3,(H,11,12,14). The number of carbonyl (C=O) groups excluding carboxylic acids is 1. The number of aromatic nitrogens is 3. The van der Waals surface area contributed by atoms with Gasteiger partial charge in [-0.05, 0) is 12.1 Å². The van der Waals surface area contributed by atoms with E-state index >= 15 is 0 Å². The van der Waals surface area contributed by atoms with Crippen molar-refractivity contribution in [3.63, 3.8) is 0 Å². The number of nitrogens with zero attached hydrogens (tertiary/aromatic N) is 2. The number of hydrogen-bond acceptors (Lipinski definition) is 2. The molecule has 0 radical (unpaired) electrons. The van der Waals surface area contributed by atoms with Gasteiger partial charge in [0.1, 0.15) is 5.69 Å². The summed E-state index contributed by atoms with van der Waals surface area (Å²) in [6, 6.07) is 5.21. The lowest BCUT2D eigenvalue weighted by Gasteiger charge is -1.98. The van der Waals surface area contributed by atoms with Crippen LogP contribution in [0.4, 0.5) is 5.82 Å². The van der Waals surface area contributed by atoms with E-state index in [1.165, 1.54) is 0 Å². The summed E-state index contributed by atoms with van der Waals surface area (Å²) in [6.07, 6.45) is 3.47. The molecule has 1 amide bonds. The average Bonchev–Trinajstić information content (AvgIpc) is 2.75. The van der Waals surface area contributed by atoms with E-state index in [4.69, 9.17) is 0 Å². The summed E-state index contributed by atoms with van der Waals surface area (Å²) in [6.45, 7) is 0. The van der Waals surface area contributed by atoms with Gasteiger partial charge in [0.2, 0.25) is 0 Å². The normalized spacial score (nSPS) is 10.1. The van der Waals surface area contributed by atoms with E-state index < -0.39 is 0 Å². The number of hydrogen-bond donors (Lipinski definition) is 2. The van der Waals surface area contributed by atoms with E-state index in [0.29, 0.717) is 11.5 Å². The fourth-order valence-corrected chi connectivity index (χ4v) is 1.14. The van der Waals surface area contributed by atoms with E-state index in [0.717, 1.165) is 0 Å². The molecular formula is C9H10N4O. The summed E-state index contributed by atoms with van der Waals surface area (Å²) in [5.41, 5.74) is 0.524. The molecule has 0 aromatic carbocycles. The Kier molecular flexibility index (Phi) is 2.06. The van der Waals surface area contributed by atoms with Gasteiger partial charge in [0, 0.05) is 25.5 Å². The Labute approximate surface area is 80.7 Å². The van der Waals surface area contributed by atoms with Crippen LogP contribution in [0.2, 0.25) is 0 Å². The maximum absolute atomic E-state index is 11.5. The van der Waals surface area contributed by atoms with Crippen molar-refractivity contribution in [3.05, 3.63) is 36.3 Å². The number of nitrogens with one attached hydrogen (secondary N) is 2. The molecule has 72 valence electrons. The van der Waals surface area contributed by atoms with Gasteiger partial charge in [0.05, 0.1) is 0 Å². The molecule has 2 aromatic heterocycles. The Morgan fingerprint density at radius 1 is 1.57 bits per heavy atom. The first-order chi connectivity index (χ1) is 6.75. The van der Waals surface area contributed by atoms with Crippen molar-refractivity contribution in [2.24, 2.45) is 7.05 Å². The zero-order valence-electron chi connectivity index (χ0n) is 7.69. The van der Waals surface area contributed by atoms with Gasteiger partial charge in [0.15, 0.2) is 5.82 Å². The number of carbonyl (C=O) groups is 1. The lowest BCUT2D eigenvalue weighted by Crippen LogP contribution is -2.12. The van der Waals surface area contributed by atoms with Crippen molar-refractivity contribution in [1.29, 1.82) is 0 Å². The highest BCUT2D eigenvalue weighted by Gasteiger charge is 2.06. The number of rotatable bonds is 2. The van der Waals surface area contributed by atoms with Crippen LogP contribution in [0.15, 0.2) is 30.6 Å². The number of anilines is 1. The fourth-order valence-electron chi connectivity index (χ4n) is 1.14. The van der Waals surface area contributed by atoms with Gasteiger partial charge in [-0.1, -0.05) is 0 Å². The van der Waals surface area contributed by atoms with Crippen LogP contribution in [0, 0.1) is 0 Å². The SMILES string of the molecule is Cn1ccc(NC(=O)c2ccc[nH]2)n1. The van der Waals surface area contributed by atoms with Gasteiger partial charge < -0.3 is 10.3 Å². The van der Waals surface area contributed by atoms with Gasteiger partial charge >= 0.3 is 0 Å². The molecule has 0 atom stereocenters. The van der Waals surface area contributed by atoms with Crippen molar-refractivity contribution in [1.82, 2.24) is 14.8 Å². The molecule has 2 aromatic rings. The third-order valence-electron chi connectivity index (χ3n) is 1.80. The van der Waals surface area contributed by atoms with E-state index in [2.05, 4.69) is 15.4 Å². The monoisotopic (exact) mass is 190 g/mol. The van der Waals surface area contributed by atoms with Crippen LogP contribution in [-0.4, -0.2) is 20.7 Å². The molecule has 0 aliphatic heterocycles. The van der Waals surface area contributed by atoms with Crippen LogP contribution < -0.4 is 5.32 Å². The first-order valence-electron chi connectivity index (χ1n) is 4.20. The molecule has 0 aliphatic rings. The van der Waals surface area contributed by atoms with Crippen LogP contribution in [0.1, 0.15) is 10.5 Å². The highest BCUT2D eigenvalue weighted by molar-refractivity contribution is 6.02. The Bertz CT molecular complexity index is 429. The van der Waals surface area contributed by atoms with Crippen LogP contribution in [0.3, 0.4) is 0 Å². The zero-order valence-corrected chi connectivity index (χ0v) is 7.69. The Balaban J connectivity index is 2.09. The molecule has 2 rings (SSSR count). The quantitative estimate of drug-likeness (QED) is 0.742. The van der Waals surface area contributed by atoms with Crippen LogP contribution in [0.25, 0.3) is 0 Å². The summed E-state index contributed by atoms with van der Waals surface area (Å²) in [5.74, 6) is 0.362. The molecule has 5 nitrogen and oxygen atoms in total. The van der Waals surface area contributed by atoms with Gasteiger partial charge in [-0.2, -0.15) is 5.10 Å².